The zero-order chi connectivity index (χ0) is 23.1. The van der Waals surface area contributed by atoms with E-state index in [1.807, 2.05) is 26.8 Å². The van der Waals surface area contributed by atoms with Crippen molar-refractivity contribution in [2.75, 3.05) is 19.6 Å². The van der Waals surface area contributed by atoms with Gasteiger partial charge in [-0.15, -0.1) is 0 Å². The first-order chi connectivity index (χ1) is 15.2. The smallest absolute Gasteiger partial charge is 0.407 e. The van der Waals surface area contributed by atoms with Crippen LogP contribution in [0.2, 0.25) is 0 Å². The number of rotatable bonds is 6. The molecule has 0 unspecified atom stereocenters. The van der Waals surface area contributed by atoms with Crippen molar-refractivity contribution in [1.82, 2.24) is 10.2 Å². The number of nitrogens with one attached hydrogen (secondary N) is 1. The molecule has 0 bridgehead atoms. The Morgan fingerprint density at radius 3 is 2.50 bits per heavy atom. The van der Waals surface area contributed by atoms with Crippen LogP contribution in [0.15, 0.2) is 18.2 Å². The molecule has 3 rings (SSSR count). The molecule has 1 heterocycles. The number of carbonyl (C=O) groups excluding carboxylic acids is 1. The van der Waals surface area contributed by atoms with Gasteiger partial charge in [-0.3, -0.25) is 0 Å². The molecule has 1 saturated heterocycles. The van der Waals surface area contributed by atoms with Gasteiger partial charge in [-0.1, -0.05) is 0 Å². The highest BCUT2D eigenvalue weighted by atomic mass is 19.1. The first-order valence-electron chi connectivity index (χ1n) is 11.8. The Labute approximate surface area is 191 Å². The van der Waals surface area contributed by atoms with Crippen molar-refractivity contribution in [1.29, 1.82) is 5.26 Å². The van der Waals surface area contributed by atoms with Crippen molar-refractivity contribution in [2.45, 2.75) is 83.5 Å². The number of amides is 1. The third-order valence-corrected chi connectivity index (χ3v) is 6.31. The summed E-state index contributed by atoms with van der Waals surface area (Å²) in [4.78, 5) is 14.4. The molecular formula is C25H36FN3O3. The number of alkyl carbamates (subject to hydrolysis) is 1. The summed E-state index contributed by atoms with van der Waals surface area (Å²) < 4.78 is 24.6. The van der Waals surface area contributed by atoms with Crippen LogP contribution in [-0.4, -0.2) is 48.4 Å². The molecule has 1 aromatic rings. The zero-order valence-corrected chi connectivity index (χ0v) is 19.5. The number of halogens is 1. The molecule has 32 heavy (non-hydrogen) atoms. The fraction of sp³-hybridized carbons (Fsp3) is 0.680. The molecule has 1 aromatic carbocycles. The topological polar surface area (TPSA) is 74.6 Å². The van der Waals surface area contributed by atoms with Gasteiger partial charge in [0.25, 0.3) is 0 Å². The van der Waals surface area contributed by atoms with Crippen molar-refractivity contribution >= 4 is 6.09 Å². The lowest BCUT2D eigenvalue weighted by Crippen LogP contribution is -2.41. The number of nitriles is 1. The minimum absolute atomic E-state index is 0.0678. The van der Waals surface area contributed by atoms with E-state index in [0.29, 0.717) is 11.7 Å². The van der Waals surface area contributed by atoms with Crippen LogP contribution in [0.5, 0.6) is 5.75 Å². The predicted molar refractivity (Wildman–Crippen MR) is 121 cm³/mol. The van der Waals surface area contributed by atoms with Crippen LogP contribution < -0.4 is 10.1 Å². The molecular weight excluding hydrogens is 409 g/mol. The van der Waals surface area contributed by atoms with Crippen molar-refractivity contribution in [2.24, 2.45) is 5.92 Å². The second kappa shape index (κ2) is 11.0. The van der Waals surface area contributed by atoms with Gasteiger partial charge in [0.1, 0.15) is 29.3 Å². The van der Waals surface area contributed by atoms with Gasteiger partial charge in [0.15, 0.2) is 0 Å². The zero-order valence-electron chi connectivity index (χ0n) is 19.5. The summed E-state index contributed by atoms with van der Waals surface area (Å²) in [6, 6.07) is 6.34. The Morgan fingerprint density at radius 2 is 1.88 bits per heavy atom. The van der Waals surface area contributed by atoms with E-state index in [1.165, 1.54) is 18.6 Å². The van der Waals surface area contributed by atoms with Gasteiger partial charge >= 0.3 is 6.09 Å². The molecule has 1 amide bonds. The maximum absolute atomic E-state index is 13.3. The molecule has 1 aliphatic heterocycles. The van der Waals surface area contributed by atoms with Crippen LogP contribution in [0.25, 0.3) is 0 Å². The standard InChI is InChI=1S/C25H36FN3O3/c1-25(2,3)32-24(30)28-21-7-4-18(5-8-21)10-13-29-14-11-22(12-15-29)31-23-9-6-20(26)16-19(23)17-27/h6,9,16,18,21-22H,4-5,7-8,10-15H2,1-3H3,(H,28,30). The summed E-state index contributed by atoms with van der Waals surface area (Å²) >= 11 is 0. The number of benzene rings is 1. The average Bonchev–Trinajstić information content (AvgIpc) is 2.74. The molecule has 2 aliphatic rings. The van der Waals surface area contributed by atoms with E-state index in [-0.39, 0.29) is 23.8 Å². The number of carbonyl (C=O) groups is 1. The first-order valence-corrected chi connectivity index (χ1v) is 11.8. The van der Waals surface area contributed by atoms with Gasteiger partial charge in [-0.25, -0.2) is 9.18 Å². The number of hydrogen-bond acceptors (Lipinski definition) is 5. The van der Waals surface area contributed by atoms with Crippen LogP contribution >= 0.6 is 0 Å². The maximum Gasteiger partial charge on any atom is 0.407 e. The van der Waals surface area contributed by atoms with E-state index in [4.69, 9.17) is 9.47 Å². The molecule has 7 heteroatoms. The van der Waals surface area contributed by atoms with Crippen LogP contribution in [-0.2, 0) is 4.74 Å². The van der Waals surface area contributed by atoms with E-state index in [1.54, 1.807) is 6.07 Å². The minimum atomic E-state index is -0.462. The van der Waals surface area contributed by atoms with E-state index in [0.717, 1.165) is 58.2 Å². The van der Waals surface area contributed by atoms with Gasteiger partial charge < -0.3 is 19.7 Å². The fourth-order valence-corrected chi connectivity index (χ4v) is 4.56. The second-order valence-corrected chi connectivity index (χ2v) is 10.1. The van der Waals surface area contributed by atoms with Crippen LogP contribution in [0, 0.1) is 23.1 Å². The fourth-order valence-electron chi connectivity index (χ4n) is 4.56. The summed E-state index contributed by atoms with van der Waals surface area (Å²) in [6.07, 6.45) is 7.07. The predicted octanol–water partition coefficient (Wildman–Crippen LogP) is 5.01. The Balaban J connectivity index is 1.32. The van der Waals surface area contributed by atoms with Gasteiger partial charge in [-0.2, -0.15) is 5.26 Å². The minimum Gasteiger partial charge on any atom is -0.489 e. The van der Waals surface area contributed by atoms with E-state index >= 15 is 0 Å². The van der Waals surface area contributed by atoms with Crippen molar-refractivity contribution in [3.8, 4) is 11.8 Å². The van der Waals surface area contributed by atoms with Crippen molar-refractivity contribution in [3.05, 3.63) is 29.6 Å². The molecule has 0 radical (unpaired) electrons. The van der Waals surface area contributed by atoms with Gasteiger partial charge in [0, 0.05) is 19.1 Å². The first kappa shape index (κ1) is 24.3. The highest BCUT2D eigenvalue weighted by Gasteiger charge is 2.26. The average molecular weight is 446 g/mol. The summed E-state index contributed by atoms with van der Waals surface area (Å²) in [5.41, 5.74) is -0.208. The highest BCUT2D eigenvalue weighted by molar-refractivity contribution is 5.68. The molecule has 1 saturated carbocycles. The molecule has 2 fully saturated rings. The molecule has 6 nitrogen and oxygen atoms in total. The quantitative estimate of drug-likeness (QED) is 0.666. The second-order valence-electron chi connectivity index (χ2n) is 10.1. The van der Waals surface area contributed by atoms with Crippen molar-refractivity contribution < 1.29 is 18.7 Å². The maximum atomic E-state index is 13.3. The van der Waals surface area contributed by atoms with Gasteiger partial charge in [0.05, 0.1) is 5.56 Å². The molecule has 1 aliphatic carbocycles. The molecule has 176 valence electrons. The number of nitrogens with zero attached hydrogens (tertiary/aromatic N) is 2. The molecule has 0 aromatic heterocycles. The highest BCUT2D eigenvalue weighted by Crippen LogP contribution is 2.28. The van der Waals surface area contributed by atoms with E-state index in [9.17, 15) is 14.4 Å². The number of likely N-dealkylation sites (tertiary alicyclic amines) is 1. The summed E-state index contributed by atoms with van der Waals surface area (Å²) in [5, 5.41) is 12.2. The Kier molecular flexibility index (Phi) is 8.36. The van der Waals surface area contributed by atoms with E-state index < -0.39 is 11.4 Å². The number of ether oxygens (including phenoxy) is 2. The lowest BCUT2D eigenvalue weighted by Gasteiger charge is -2.34. The normalized spacial score (nSPS) is 22.7. The SMILES string of the molecule is CC(C)(C)OC(=O)NC1CCC(CCN2CCC(Oc3ccc(F)cc3C#N)CC2)CC1. The Hall–Kier alpha value is -2.33. The van der Waals surface area contributed by atoms with Crippen LogP contribution in [0.3, 0.4) is 0 Å². The summed E-state index contributed by atoms with van der Waals surface area (Å²) in [5.74, 6) is 0.764. The lowest BCUT2D eigenvalue weighted by atomic mass is 9.84. The number of hydrogen-bond donors (Lipinski definition) is 1. The van der Waals surface area contributed by atoms with Crippen LogP contribution in [0.4, 0.5) is 9.18 Å². The summed E-state index contributed by atoms with van der Waals surface area (Å²) in [7, 11) is 0. The number of piperidine rings is 1. The van der Waals surface area contributed by atoms with E-state index in [2.05, 4.69) is 10.2 Å². The monoisotopic (exact) mass is 445 g/mol. The Bertz CT molecular complexity index is 802. The van der Waals surface area contributed by atoms with Crippen LogP contribution in [0.1, 0.15) is 71.3 Å². The lowest BCUT2D eigenvalue weighted by molar-refractivity contribution is 0.0484. The molecule has 0 spiro atoms. The molecule has 1 N–H and O–H groups in total. The Morgan fingerprint density at radius 1 is 1.19 bits per heavy atom. The van der Waals surface area contributed by atoms with Crippen molar-refractivity contribution in [3.63, 3.8) is 0 Å². The molecule has 0 atom stereocenters. The summed E-state index contributed by atoms with van der Waals surface area (Å²) in [6.45, 7) is 8.68. The third-order valence-electron chi connectivity index (χ3n) is 6.31. The van der Waals surface area contributed by atoms with Gasteiger partial charge in [-0.05, 0) is 96.4 Å². The largest absolute Gasteiger partial charge is 0.489 e. The third kappa shape index (κ3) is 7.67. The van der Waals surface area contributed by atoms with Gasteiger partial charge in [0.2, 0.25) is 0 Å².